The maximum atomic E-state index is 8.94. The fourth-order valence-electron chi connectivity index (χ4n) is 3.35. The Bertz CT molecular complexity index is 326. The van der Waals surface area contributed by atoms with E-state index in [9.17, 15) is 0 Å². The van der Waals surface area contributed by atoms with Crippen molar-refractivity contribution >= 4 is 0 Å². The monoisotopic (exact) mass is 309 g/mol. The summed E-state index contributed by atoms with van der Waals surface area (Å²) in [6, 6.07) is 2.37. The molecule has 4 heteroatoms. The topological polar surface area (TPSA) is 51.5 Å². The number of rotatable bonds is 8. The number of hydrogen-bond acceptors (Lipinski definition) is 4. The molecule has 22 heavy (non-hydrogen) atoms. The summed E-state index contributed by atoms with van der Waals surface area (Å²) >= 11 is 0. The number of nitrogens with zero attached hydrogens (tertiary/aromatic N) is 1. The molecule has 0 spiro atoms. The van der Waals surface area contributed by atoms with Gasteiger partial charge in [0.05, 0.1) is 19.3 Å². The summed E-state index contributed by atoms with van der Waals surface area (Å²) in [6.07, 6.45) is 10.4. The Balaban J connectivity index is 1.53. The number of unbranched alkanes of at least 4 members (excludes halogenated alkanes) is 4. The Morgan fingerprint density at radius 3 is 2.32 bits per heavy atom. The van der Waals surface area contributed by atoms with Crippen LogP contribution < -0.4 is 0 Å². The van der Waals surface area contributed by atoms with Gasteiger partial charge in [-0.05, 0) is 32.1 Å². The molecule has 0 aromatic rings. The molecule has 0 amide bonds. The standard InChI is InChI=1S/C18H31NO3/c1-2-3-4-5-6-11-20-17-13-21-18(22-14-17)16-9-7-15(12-19)8-10-16/h15-18H,2-11,13-14H2,1H3/t15?,16?,17-,18-. The summed E-state index contributed by atoms with van der Waals surface area (Å²) in [5, 5.41) is 8.94. The molecule has 1 aliphatic carbocycles. The third-order valence-corrected chi connectivity index (χ3v) is 4.83. The Morgan fingerprint density at radius 1 is 1.00 bits per heavy atom. The van der Waals surface area contributed by atoms with Crippen molar-refractivity contribution in [3.05, 3.63) is 0 Å². The minimum atomic E-state index is -0.0796. The highest BCUT2D eigenvalue weighted by Gasteiger charge is 2.32. The van der Waals surface area contributed by atoms with Gasteiger partial charge in [-0.2, -0.15) is 5.26 Å². The molecule has 0 unspecified atom stereocenters. The molecule has 1 heterocycles. The Kier molecular flexibility index (Phi) is 8.22. The minimum Gasteiger partial charge on any atom is -0.373 e. The van der Waals surface area contributed by atoms with Crippen LogP contribution in [0.4, 0.5) is 0 Å². The lowest BCUT2D eigenvalue weighted by molar-refractivity contribution is -0.249. The van der Waals surface area contributed by atoms with Crippen molar-refractivity contribution in [2.45, 2.75) is 77.1 Å². The van der Waals surface area contributed by atoms with E-state index in [0.717, 1.165) is 38.7 Å². The fourth-order valence-corrected chi connectivity index (χ4v) is 3.35. The van der Waals surface area contributed by atoms with Crippen LogP contribution in [0.3, 0.4) is 0 Å². The van der Waals surface area contributed by atoms with Crippen LogP contribution in [-0.2, 0) is 14.2 Å². The Labute approximate surface area is 135 Å². The Hall–Kier alpha value is -0.630. The van der Waals surface area contributed by atoms with Gasteiger partial charge in [0.1, 0.15) is 6.10 Å². The first-order valence-electron chi connectivity index (χ1n) is 9.08. The van der Waals surface area contributed by atoms with Crippen LogP contribution in [0, 0.1) is 23.2 Å². The van der Waals surface area contributed by atoms with Gasteiger partial charge in [0.2, 0.25) is 0 Å². The highest BCUT2D eigenvalue weighted by molar-refractivity contribution is 4.88. The van der Waals surface area contributed by atoms with Gasteiger partial charge in [0.15, 0.2) is 6.29 Å². The second-order valence-electron chi connectivity index (χ2n) is 6.68. The zero-order valence-corrected chi connectivity index (χ0v) is 14.0. The molecule has 0 atom stereocenters. The van der Waals surface area contributed by atoms with E-state index in [0.29, 0.717) is 19.1 Å². The molecule has 0 radical (unpaired) electrons. The summed E-state index contributed by atoms with van der Waals surface area (Å²) in [5.41, 5.74) is 0. The van der Waals surface area contributed by atoms with E-state index in [-0.39, 0.29) is 18.3 Å². The second kappa shape index (κ2) is 10.2. The van der Waals surface area contributed by atoms with Crippen molar-refractivity contribution in [2.24, 2.45) is 11.8 Å². The van der Waals surface area contributed by atoms with Crippen molar-refractivity contribution in [1.29, 1.82) is 5.26 Å². The van der Waals surface area contributed by atoms with Gasteiger partial charge in [-0.15, -0.1) is 0 Å². The highest BCUT2D eigenvalue weighted by Crippen LogP contribution is 2.33. The van der Waals surface area contributed by atoms with E-state index in [4.69, 9.17) is 19.5 Å². The lowest BCUT2D eigenvalue weighted by atomic mass is 9.82. The molecule has 0 aromatic carbocycles. The minimum absolute atomic E-state index is 0.0796. The third-order valence-electron chi connectivity index (χ3n) is 4.83. The fraction of sp³-hybridized carbons (Fsp3) is 0.944. The van der Waals surface area contributed by atoms with Crippen LogP contribution in [0.15, 0.2) is 0 Å². The lowest BCUT2D eigenvalue weighted by Gasteiger charge is -2.36. The van der Waals surface area contributed by atoms with E-state index in [2.05, 4.69) is 13.0 Å². The molecule has 2 fully saturated rings. The van der Waals surface area contributed by atoms with Crippen LogP contribution in [0.5, 0.6) is 0 Å². The summed E-state index contributed by atoms with van der Waals surface area (Å²) in [7, 11) is 0. The molecule has 2 rings (SSSR count). The maximum absolute atomic E-state index is 8.94. The summed E-state index contributed by atoms with van der Waals surface area (Å²) in [6.45, 7) is 4.35. The van der Waals surface area contributed by atoms with Crippen molar-refractivity contribution in [2.75, 3.05) is 19.8 Å². The SMILES string of the molecule is CCCCCCCO[C@H]1CO[C@H](C2CCC(C#N)CC2)OC1. The quantitative estimate of drug-likeness (QED) is 0.635. The van der Waals surface area contributed by atoms with Crippen LogP contribution in [-0.4, -0.2) is 32.2 Å². The van der Waals surface area contributed by atoms with Crippen LogP contribution >= 0.6 is 0 Å². The van der Waals surface area contributed by atoms with E-state index in [1.165, 1.54) is 25.7 Å². The van der Waals surface area contributed by atoms with Crippen molar-refractivity contribution in [3.8, 4) is 6.07 Å². The average Bonchev–Trinajstić information content (AvgIpc) is 2.59. The summed E-state index contributed by atoms with van der Waals surface area (Å²) in [5.74, 6) is 0.697. The largest absolute Gasteiger partial charge is 0.373 e. The van der Waals surface area contributed by atoms with Gasteiger partial charge in [0.25, 0.3) is 0 Å². The zero-order chi connectivity index (χ0) is 15.6. The zero-order valence-electron chi connectivity index (χ0n) is 14.0. The van der Waals surface area contributed by atoms with E-state index < -0.39 is 0 Å². The van der Waals surface area contributed by atoms with Crippen LogP contribution in [0.2, 0.25) is 0 Å². The van der Waals surface area contributed by atoms with Gasteiger partial charge in [-0.25, -0.2) is 0 Å². The van der Waals surface area contributed by atoms with Gasteiger partial charge in [0, 0.05) is 18.4 Å². The number of nitriles is 1. The molecule has 4 nitrogen and oxygen atoms in total. The third kappa shape index (κ3) is 5.87. The van der Waals surface area contributed by atoms with Crippen molar-refractivity contribution in [1.82, 2.24) is 0 Å². The number of hydrogen-bond donors (Lipinski definition) is 0. The smallest absolute Gasteiger partial charge is 0.160 e. The Morgan fingerprint density at radius 2 is 1.68 bits per heavy atom. The normalized spacial score (nSPS) is 32.5. The molecule has 0 bridgehead atoms. The van der Waals surface area contributed by atoms with E-state index in [1.807, 2.05) is 0 Å². The summed E-state index contributed by atoms with van der Waals surface area (Å²) < 4.78 is 17.6. The molecular weight excluding hydrogens is 278 g/mol. The second-order valence-corrected chi connectivity index (χ2v) is 6.68. The average molecular weight is 309 g/mol. The number of ether oxygens (including phenoxy) is 3. The lowest BCUT2D eigenvalue weighted by Crippen LogP contribution is -2.42. The maximum Gasteiger partial charge on any atom is 0.160 e. The molecule has 2 aliphatic rings. The van der Waals surface area contributed by atoms with Gasteiger partial charge >= 0.3 is 0 Å². The van der Waals surface area contributed by atoms with Gasteiger partial charge in [-0.3, -0.25) is 0 Å². The predicted octanol–water partition coefficient (Wildman–Crippen LogP) is 4.04. The van der Waals surface area contributed by atoms with E-state index in [1.54, 1.807) is 0 Å². The molecule has 1 saturated heterocycles. The van der Waals surface area contributed by atoms with E-state index >= 15 is 0 Å². The van der Waals surface area contributed by atoms with Crippen LogP contribution in [0.25, 0.3) is 0 Å². The predicted molar refractivity (Wildman–Crippen MR) is 85.3 cm³/mol. The molecule has 0 N–H and O–H groups in total. The van der Waals surface area contributed by atoms with Gasteiger partial charge < -0.3 is 14.2 Å². The molecule has 1 aliphatic heterocycles. The first-order valence-corrected chi connectivity index (χ1v) is 9.08. The van der Waals surface area contributed by atoms with Crippen LogP contribution in [0.1, 0.15) is 64.7 Å². The first-order chi connectivity index (χ1) is 10.8. The van der Waals surface area contributed by atoms with Crippen molar-refractivity contribution < 1.29 is 14.2 Å². The summed E-state index contributed by atoms with van der Waals surface area (Å²) in [4.78, 5) is 0. The van der Waals surface area contributed by atoms with Crippen molar-refractivity contribution in [3.63, 3.8) is 0 Å². The molecule has 126 valence electrons. The molecule has 1 saturated carbocycles. The van der Waals surface area contributed by atoms with Gasteiger partial charge in [-0.1, -0.05) is 32.6 Å². The highest BCUT2D eigenvalue weighted by atomic mass is 16.7. The molecule has 0 aromatic heterocycles. The first kappa shape index (κ1) is 17.7. The molecular formula is C18H31NO3.